The van der Waals surface area contributed by atoms with Crippen LogP contribution in [0.3, 0.4) is 0 Å². The molecule has 2 heterocycles. The van der Waals surface area contributed by atoms with E-state index in [4.69, 9.17) is 5.11 Å². The molecule has 0 saturated heterocycles. The van der Waals surface area contributed by atoms with Crippen LogP contribution in [0.25, 0.3) is 0 Å². The maximum Gasteiger partial charge on any atom is 0.337 e. The zero-order valence-corrected chi connectivity index (χ0v) is 11.3. The summed E-state index contributed by atoms with van der Waals surface area (Å²) in [5.41, 5.74) is 0.617. The van der Waals surface area contributed by atoms with Crippen LogP contribution in [0, 0.1) is 0 Å². The Morgan fingerprint density at radius 1 is 1.40 bits per heavy atom. The minimum atomic E-state index is -3.79. The maximum atomic E-state index is 12.0. The van der Waals surface area contributed by atoms with E-state index in [1.807, 2.05) is 0 Å². The predicted molar refractivity (Wildman–Crippen MR) is 68.4 cm³/mol. The fourth-order valence-electron chi connectivity index (χ4n) is 1.48. The number of aryl methyl sites for hydroxylation is 1. The number of nitrogens with zero attached hydrogens (tertiary/aromatic N) is 3. The van der Waals surface area contributed by atoms with Gasteiger partial charge in [-0.15, -0.1) is 0 Å². The fourth-order valence-corrected chi connectivity index (χ4v) is 2.41. The number of sulfonamides is 1. The van der Waals surface area contributed by atoms with Crippen LogP contribution in [0.15, 0.2) is 35.6 Å². The monoisotopic (exact) mass is 296 g/mol. The molecule has 2 aromatic rings. The normalized spacial score (nSPS) is 11.4. The number of carboxylic acids is 1. The van der Waals surface area contributed by atoms with Gasteiger partial charge in [0.2, 0.25) is 0 Å². The van der Waals surface area contributed by atoms with Gasteiger partial charge in [-0.1, -0.05) is 0 Å². The van der Waals surface area contributed by atoms with Gasteiger partial charge in [0.1, 0.15) is 0 Å². The van der Waals surface area contributed by atoms with Crippen LogP contribution in [-0.2, 0) is 23.6 Å². The molecule has 0 aliphatic carbocycles. The van der Waals surface area contributed by atoms with Gasteiger partial charge in [-0.05, 0) is 18.2 Å². The lowest BCUT2D eigenvalue weighted by Crippen LogP contribution is -2.25. The van der Waals surface area contributed by atoms with Gasteiger partial charge in [0.15, 0.2) is 5.03 Å². The molecule has 0 bridgehead atoms. The molecule has 0 aliphatic heterocycles. The first-order valence-corrected chi connectivity index (χ1v) is 7.04. The van der Waals surface area contributed by atoms with E-state index in [-0.39, 0.29) is 17.1 Å². The summed E-state index contributed by atoms with van der Waals surface area (Å²) in [6, 6.07) is 4.02. The van der Waals surface area contributed by atoms with Crippen LogP contribution in [0.4, 0.5) is 0 Å². The Bertz CT molecular complexity index is 721. The SMILES string of the molecule is Cn1nccc1CNS(=O)(=O)c1ccc(C(=O)O)cn1. The summed E-state index contributed by atoms with van der Waals surface area (Å²) in [6.45, 7) is 0.0706. The second-order valence-corrected chi connectivity index (χ2v) is 5.67. The lowest BCUT2D eigenvalue weighted by Gasteiger charge is -2.06. The van der Waals surface area contributed by atoms with Gasteiger partial charge in [-0.3, -0.25) is 4.68 Å². The van der Waals surface area contributed by atoms with Crippen LogP contribution >= 0.6 is 0 Å². The van der Waals surface area contributed by atoms with Gasteiger partial charge in [0.25, 0.3) is 10.0 Å². The van der Waals surface area contributed by atoms with Crippen molar-refractivity contribution in [3.8, 4) is 0 Å². The first-order chi connectivity index (χ1) is 9.40. The Kier molecular flexibility index (Phi) is 3.81. The molecule has 0 radical (unpaired) electrons. The average Bonchev–Trinajstić information content (AvgIpc) is 2.82. The number of nitrogens with one attached hydrogen (secondary N) is 1. The zero-order chi connectivity index (χ0) is 14.8. The first-order valence-electron chi connectivity index (χ1n) is 5.56. The summed E-state index contributed by atoms with van der Waals surface area (Å²) >= 11 is 0. The van der Waals surface area contributed by atoms with Crippen LogP contribution in [0.5, 0.6) is 0 Å². The molecule has 0 spiro atoms. The van der Waals surface area contributed by atoms with Crippen LogP contribution in [0.2, 0.25) is 0 Å². The third-order valence-electron chi connectivity index (χ3n) is 2.62. The number of hydrogen-bond acceptors (Lipinski definition) is 5. The van der Waals surface area contributed by atoms with E-state index in [0.717, 1.165) is 12.3 Å². The highest BCUT2D eigenvalue weighted by molar-refractivity contribution is 7.89. The van der Waals surface area contributed by atoms with Gasteiger partial charge in [-0.2, -0.15) is 5.10 Å². The molecule has 9 heteroatoms. The van der Waals surface area contributed by atoms with Crippen molar-refractivity contribution < 1.29 is 18.3 Å². The van der Waals surface area contributed by atoms with Crippen molar-refractivity contribution in [1.29, 1.82) is 0 Å². The topological polar surface area (TPSA) is 114 Å². The largest absolute Gasteiger partial charge is 0.478 e. The van der Waals surface area contributed by atoms with Crippen LogP contribution in [0.1, 0.15) is 16.1 Å². The molecule has 2 N–H and O–H groups in total. The number of hydrogen-bond donors (Lipinski definition) is 2. The third-order valence-corrected chi connectivity index (χ3v) is 3.94. The van der Waals surface area contributed by atoms with Crippen molar-refractivity contribution in [2.75, 3.05) is 0 Å². The summed E-state index contributed by atoms with van der Waals surface area (Å²) in [5.74, 6) is -1.16. The van der Waals surface area contributed by atoms with E-state index in [9.17, 15) is 13.2 Å². The van der Waals surface area contributed by atoms with Crippen LogP contribution in [-0.4, -0.2) is 34.3 Å². The quantitative estimate of drug-likeness (QED) is 0.802. The summed E-state index contributed by atoms with van der Waals surface area (Å²) in [4.78, 5) is 14.3. The molecule has 2 aromatic heterocycles. The molecule has 20 heavy (non-hydrogen) atoms. The molecule has 0 amide bonds. The zero-order valence-electron chi connectivity index (χ0n) is 10.5. The van der Waals surface area contributed by atoms with Gasteiger partial charge in [0, 0.05) is 19.4 Å². The number of aromatic nitrogens is 3. The Balaban J connectivity index is 2.14. The first kappa shape index (κ1) is 14.2. The molecular formula is C11H12N4O4S. The van der Waals surface area contributed by atoms with E-state index < -0.39 is 16.0 Å². The van der Waals surface area contributed by atoms with Crippen molar-refractivity contribution in [2.45, 2.75) is 11.6 Å². The minimum Gasteiger partial charge on any atom is -0.478 e. The van der Waals surface area contributed by atoms with Crippen molar-refractivity contribution >= 4 is 16.0 Å². The molecule has 0 atom stereocenters. The fraction of sp³-hybridized carbons (Fsp3) is 0.182. The second kappa shape index (κ2) is 5.39. The van der Waals surface area contributed by atoms with Gasteiger partial charge in [0.05, 0.1) is 17.8 Å². The number of pyridine rings is 1. The Labute approximate surface area is 115 Å². The standard InChI is InChI=1S/C11H12N4O4S/c1-15-9(4-5-13-15)7-14-20(18,19)10-3-2-8(6-12-10)11(16)17/h2-6,14H,7H2,1H3,(H,16,17). The molecular weight excluding hydrogens is 284 g/mol. The van der Waals surface area contributed by atoms with Crippen molar-refractivity contribution in [3.63, 3.8) is 0 Å². The van der Waals surface area contributed by atoms with Crippen molar-refractivity contribution in [3.05, 3.63) is 41.9 Å². The van der Waals surface area contributed by atoms with E-state index >= 15 is 0 Å². The summed E-state index contributed by atoms with van der Waals surface area (Å²) in [5, 5.41) is 12.4. The lowest BCUT2D eigenvalue weighted by atomic mass is 10.3. The van der Waals surface area contributed by atoms with Gasteiger partial charge < -0.3 is 5.11 Å². The third kappa shape index (κ3) is 3.00. The van der Waals surface area contributed by atoms with E-state index in [1.165, 1.54) is 6.07 Å². The Morgan fingerprint density at radius 3 is 2.65 bits per heavy atom. The molecule has 0 aromatic carbocycles. The van der Waals surface area contributed by atoms with Crippen LogP contribution < -0.4 is 4.72 Å². The maximum absolute atomic E-state index is 12.0. The Hall–Kier alpha value is -2.26. The second-order valence-electron chi connectivity index (χ2n) is 3.96. The smallest absolute Gasteiger partial charge is 0.337 e. The van der Waals surface area contributed by atoms with Crippen molar-refractivity contribution in [1.82, 2.24) is 19.5 Å². The highest BCUT2D eigenvalue weighted by Gasteiger charge is 2.16. The molecule has 106 valence electrons. The van der Waals surface area contributed by atoms with E-state index in [0.29, 0.717) is 5.69 Å². The average molecular weight is 296 g/mol. The van der Waals surface area contributed by atoms with E-state index in [2.05, 4.69) is 14.8 Å². The summed E-state index contributed by atoms with van der Waals surface area (Å²) < 4.78 is 27.9. The molecule has 0 fully saturated rings. The number of rotatable bonds is 5. The van der Waals surface area contributed by atoms with Crippen molar-refractivity contribution in [2.24, 2.45) is 7.05 Å². The molecule has 0 saturated carbocycles. The van der Waals surface area contributed by atoms with Gasteiger partial charge >= 0.3 is 5.97 Å². The molecule has 2 rings (SSSR count). The predicted octanol–water partition coefficient (Wildman–Crippen LogP) is -0.00820. The lowest BCUT2D eigenvalue weighted by molar-refractivity contribution is 0.0696. The van der Waals surface area contributed by atoms with Gasteiger partial charge in [-0.25, -0.2) is 22.9 Å². The highest BCUT2D eigenvalue weighted by Crippen LogP contribution is 2.07. The molecule has 0 unspecified atom stereocenters. The molecule has 8 nitrogen and oxygen atoms in total. The highest BCUT2D eigenvalue weighted by atomic mass is 32.2. The number of carbonyl (C=O) groups is 1. The summed E-state index contributed by atoms with van der Waals surface area (Å²) in [6.07, 6.45) is 2.56. The molecule has 0 aliphatic rings. The van der Waals surface area contributed by atoms with E-state index in [1.54, 1.807) is 24.0 Å². The minimum absolute atomic E-state index is 0.0706. The number of carboxylic acid groups (broad SMARTS) is 1. The summed E-state index contributed by atoms with van der Waals surface area (Å²) in [7, 11) is -2.09. The number of aromatic carboxylic acids is 1. The Morgan fingerprint density at radius 2 is 2.15 bits per heavy atom.